The van der Waals surface area contributed by atoms with Gasteiger partial charge in [0.15, 0.2) is 0 Å². The van der Waals surface area contributed by atoms with Crippen molar-refractivity contribution in [3.05, 3.63) is 29.8 Å². The van der Waals surface area contributed by atoms with E-state index in [1.165, 1.54) is 6.42 Å². The molecule has 1 aliphatic heterocycles. The first-order chi connectivity index (χ1) is 9.46. The summed E-state index contributed by atoms with van der Waals surface area (Å²) >= 11 is 0. The van der Waals surface area contributed by atoms with E-state index < -0.39 is 5.41 Å². The molecule has 1 fully saturated rings. The van der Waals surface area contributed by atoms with Gasteiger partial charge in [-0.05, 0) is 57.7 Å². The monoisotopic (exact) mass is 275 g/mol. The van der Waals surface area contributed by atoms with E-state index in [0.717, 1.165) is 30.7 Å². The van der Waals surface area contributed by atoms with Crippen LogP contribution in [0.3, 0.4) is 0 Å². The molecule has 2 rings (SSSR count). The van der Waals surface area contributed by atoms with E-state index in [1.807, 2.05) is 43.0 Å². The maximum atomic E-state index is 12.9. The van der Waals surface area contributed by atoms with E-state index in [0.29, 0.717) is 6.04 Å². The molecule has 0 spiro atoms. The van der Waals surface area contributed by atoms with Gasteiger partial charge in [-0.1, -0.05) is 12.1 Å². The molecule has 1 unspecified atom stereocenters. The van der Waals surface area contributed by atoms with Gasteiger partial charge in [0.1, 0.15) is 5.75 Å². The summed E-state index contributed by atoms with van der Waals surface area (Å²) < 4.78 is 5.18. The van der Waals surface area contributed by atoms with Crippen LogP contribution in [0.5, 0.6) is 5.75 Å². The summed E-state index contributed by atoms with van der Waals surface area (Å²) in [5, 5.41) is 0. The molecule has 1 aromatic rings. The molecule has 0 aliphatic carbocycles. The summed E-state index contributed by atoms with van der Waals surface area (Å²) in [6.45, 7) is 7.07. The highest BCUT2D eigenvalue weighted by molar-refractivity contribution is 5.87. The van der Waals surface area contributed by atoms with Crippen LogP contribution in [0.2, 0.25) is 0 Å². The number of nitrogens with zero attached hydrogens (tertiary/aromatic N) is 1. The number of likely N-dealkylation sites (tertiary alicyclic amines) is 1. The topological polar surface area (TPSA) is 29.5 Å². The number of amides is 1. The minimum atomic E-state index is -0.488. The largest absolute Gasteiger partial charge is 0.497 e. The van der Waals surface area contributed by atoms with Gasteiger partial charge < -0.3 is 9.64 Å². The van der Waals surface area contributed by atoms with Crippen LogP contribution in [0.25, 0.3) is 0 Å². The highest BCUT2D eigenvalue weighted by Crippen LogP contribution is 2.30. The number of hydrogen-bond donors (Lipinski definition) is 0. The first kappa shape index (κ1) is 14.9. The molecule has 20 heavy (non-hydrogen) atoms. The predicted octanol–water partition coefficient (Wildman–Crippen LogP) is 3.37. The number of carbonyl (C=O) groups is 1. The average molecular weight is 275 g/mol. The van der Waals surface area contributed by atoms with Crippen LogP contribution < -0.4 is 4.74 Å². The predicted molar refractivity (Wildman–Crippen MR) is 81.0 cm³/mol. The maximum Gasteiger partial charge on any atom is 0.232 e. The molecule has 1 saturated heterocycles. The lowest BCUT2D eigenvalue weighted by atomic mass is 9.82. The molecular formula is C17H25NO2. The standard InChI is InChI=1S/C17H25NO2/c1-13-7-5-6-12-18(13)16(19)17(2,3)14-8-10-15(20-4)11-9-14/h8-11,13H,5-7,12H2,1-4H3. The Morgan fingerprint density at radius 3 is 2.45 bits per heavy atom. The minimum Gasteiger partial charge on any atom is -0.497 e. The number of piperidine rings is 1. The number of ether oxygens (including phenoxy) is 1. The van der Waals surface area contributed by atoms with E-state index in [4.69, 9.17) is 4.74 Å². The molecule has 0 radical (unpaired) electrons. The number of methoxy groups -OCH3 is 1. The van der Waals surface area contributed by atoms with Crippen molar-refractivity contribution in [2.45, 2.75) is 51.5 Å². The Morgan fingerprint density at radius 1 is 1.25 bits per heavy atom. The van der Waals surface area contributed by atoms with Gasteiger partial charge in [0.25, 0.3) is 0 Å². The molecule has 1 aliphatic rings. The van der Waals surface area contributed by atoms with E-state index in [9.17, 15) is 4.79 Å². The third kappa shape index (κ3) is 2.82. The van der Waals surface area contributed by atoms with Crippen molar-refractivity contribution in [2.24, 2.45) is 0 Å². The van der Waals surface area contributed by atoms with E-state index in [-0.39, 0.29) is 5.91 Å². The lowest BCUT2D eigenvalue weighted by Crippen LogP contribution is -2.49. The van der Waals surface area contributed by atoms with Crippen molar-refractivity contribution in [3.63, 3.8) is 0 Å². The van der Waals surface area contributed by atoms with Gasteiger partial charge >= 0.3 is 0 Å². The summed E-state index contributed by atoms with van der Waals surface area (Å²) in [7, 11) is 1.65. The van der Waals surface area contributed by atoms with Gasteiger partial charge in [-0.3, -0.25) is 4.79 Å². The van der Waals surface area contributed by atoms with Gasteiger partial charge in [-0.15, -0.1) is 0 Å². The third-order valence-corrected chi connectivity index (χ3v) is 4.41. The van der Waals surface area contributed by atoms with E-state index in [1.54, 1.807) is 7.11 Å². The highest BCUT2D eigenvalue weighted by atomic mass is 16.5. The summed E-state index contributed by atoms with van der Waals surface area (Å²) in [4.78, 5) is 14.9. The molecule has 0 saturated carbocycles. The Kier molecular flexibility index (Phi) is 4.36. The summed E-state index contributed by atoms with van der Waals surface area (Å²) in [6, 6.07) is 8.18. The Bertz CT molecular complexity index is 464. The Labute approximate surface area is 121 Å². The molecule has 0 bridgehead atoms. The number of hydrogen-bond acceptors (Lipinski definition) is 2. The first-order valence-electron chi connectivity index (χ1n) is 7.42. The molecule has 3 heteroatoms. The normalized spacial score (nSPS) is 19.8. The number of carbonyl (C=O) groups excluding carboxylic acids is 1. The summed E-state index contributed by atoms with van der Waals surface area (Å²) in [5.74, 6) is 1.05. The fourth-order valence-electron chi connectivity index (χ4n) is 2.89. The minimum absolute atomic E-state index is 0.231. The molecule has 1 atom stereocenters. The number of rotatable bonds is 3. The molecule has 0 aromatic heterocycles. The fraction of sp³-hybridized carbons (Fsp3) is 0.588. The second-order valence-electron chi connectivity index (χ2n) is 6.20. The van der Waals surface area contributed by atoms with Crippen molar-refractivity contribution in [2.75, 3.05) is 13.7 Å². The van der Waals surface area contributed by atoms with Crippen molar-refractivity contribution < 1.29 is 9.53 Å². The molecule has 110 valence electrons. The molecular weight excluding hydrogens is 250 g/mol. The third-order valence-electron chi connectivity index (χ3n) is 4.41. The maximum absolute atomic E-state index is 12.9. The van der Waals surface area contributed by atoms with Crippen LogP contribution >= 0.6 is 0 Å². The zero-order chi connectivity index (χ0) is 14.8. The quantitative estimate of drug-likeness (QED) is 0.846. The average Bonchev–Trinajstić information content (AvgIpc) is 2.47. The van der Waals surface area contributed by atoms with E-state index in [2.05, 4.69) is 6.92 Å². The molecule has 1 amide bonds. The number of benzene rings is 1. The van der Waals surface area contributed by atoms with Gasteiger partial charge in [-0.2, -0.15) is 0 Å². The second-order valence-corrected chi connectivity index (χ2v) is 6.20. The van der Waals surface area contributed by atoms with Crippen molar-refractivity contribution in [1.29, 1.82) is 0 Å². The lowest BCUT2D eigenvalue weighted by molar-refractivity contribution is -0.139. The zero-order valence-corrected chi connectivity index (χ0v) is 13.0. The van der Waals surface area contributed by atoms with Crippen LogP contribution in [-0.4, -0.2) is 30.5 Å². The van der Waals surface area contributed by atoms with Gasteiger partial charge in [0.05, 0.1) is 12.5 Å². The smallest absolute Gasteiger partial charge is 0.232 e. The SMILES string of the molecule is COc1ccc(C(C)(C)C(=O)N2CCCCC2C)cc1. The van der Waals surface area contributed by atoms with Gasteiger partial charge in [0, 0.05) is 12.6 Å². The Morgan fingerprint density at radius 2 is 1.90 bits per heavy atom. The summed E-state index contributed by atoms with van der Waals surface area (Å²) in [6.07, 6.45) is 3.47. The molecule has 0 N–H and O–H groups in total. The molecule has 1 aromatic carbocycles. The van der Waals surface area contributed by atoms with Gasteiger partial charge in [0.2, 0.25) is 5.91 Å². The van der Waals surface area contributed by atoms with Crippen molar-refractivity contribution in [3.8, 4) is 5.75 Å². The van der Waals surface area contributed by atoms with Crippen LogP contribution in [-0.2, 0) is 10.2 Å². The second kappa shape index (κ2) is 5.86. The van der Waals surface area contributed by atoms with Crippen molar-refractivity contribution >= 4 is 5.91 Å². The van der Waals surface area contributed by atoms with Gasteiger partial charge in [-0.25, -0.2) is 0 Å². The molecule has 3 nitrogen and oxygen atoms in total. The van der Waals surface area contributed by atoms with Crippen LogP contribution in [0.4, 0.5) is 0 Å². The summed E-state index contributed by atoms with van der Waals surface area (Å²) in [5.41, 5.74) is 0.554. The Hall–Kier alpha value is -1.51. The zero-order valence-electron chi connectivity index (χ0n) is 13.0. The van der Waals surface area contributed by atoms with Crippen LogP contribution in [0.15, 0.2) is 24.3 Å². The van der Waals surface area contributed by atoms with E-state index >= 15 is 0 Å². The van der Waals surface area contributed by atoms with Crippen LogP contribution in [0, 0.1) is 0 Å². The fourth-order valence-corrected chi connectivity index (χ4v) is 2.89. The Balaban J connectivity index is 2.21. The first-order valence-corrected chi connectivity index (χ1v) is 7.42. The molecule has 1 heterocycles. The van der Waals surface area contributed by atoms with Crippen LogP contribution in [0.1, 0.15) is 45.6 Å². The highest BCUT2D eigenvalue weighted by Gasteiger charge is 2.36. The lowest BCUT2D eigenvalue weighted by Gasteiger charge is -2.39. The van der Waals surface area contributed by atoms with Crippen molar-refractivity contribution in [1.82, 2.24) is 4.90 Å².